The number of phenols is 2. The van der Waals surface area contributed by atoms with Gasteiger partial charge in [-0.05, 0) is 143 Å². The quantitative estimate of drug-likeness (QED) is 0.00935. The van der Waals surface area contributed by atoms with E-state index < -0.39 is 138 Å². The molecule has 120 heavy (non-hydrogen) atoms. The second kappa shape index (κ2) is 47.5. The fraction of sp³-hybridized carbons (Fsp3) is 0.618. The lowest BCUT2D eigenvalue weighted by Gasteiger charge is -2.37. The predicted octanol–water partition coefficient (Wildman–Crippen LogP) is 11.5. The lowest BCUT2D eigenvalue weighted by atomic mass is 9.83. The van der Waals surface area contributed by atoms with Gasteiger partial charge in [-0.1, -0.05) is 113 Å². The van der Waals surface area contributed by atoms with Crippen LogP contribution in [-0.4, -0.2) is 210 Å². The van der Waals surface area contributed by atoms with E-state index in [0.717, 1.165) is 74.3 Å². The number of likely N-dealkylation sites (N-methyl/N-ethyl adjacent to an activating group) is 2. The summed E-state index contributed by atoms with van der Waals surface area (Å²) in [5, 5.41) is 53.5. The molecule has 29 nitrogen and oxygen atoms in total. The summed E-state index contributed by atoms with van der Waals surface area (Å²) in [6, 6.07) is 5.49. The molecule has 2 unspecified atom stereocenters. The number of phenolic OH excluding ortho intramolecular Hbond substituents is 2. The highest BCUT2D eigenvalue weighted by Gasteiger charge is 2.41. The molecule has 0 radical (unpaired) electrons. The van der Waals surface area contributed by atoms with Crippen molar-refractivity contribution in [3.8, 4) is 23.3 Å². The molecular weight excluding hydrogens is 1580 g/mol. The lowest BCUT2D eigenvalue weighted by Crippen LogP contribution is -2.48. The van der Waals surface area contributed by atoms with E-state index in [2.05, 4.69) is 47.6 Å². The van der Waals surface area contributed by atoms with Crippen LogP contribution in [-0.2, 0) is 86.3 Å². The maximum Gasteiger partial charge on any atom is 0.306 e. The second-order valence-electron chi connectivity index (χ2n) is 33.5. The lowest BCUT2D eigenvalue weighted by molar-refractivity contribution is -0.150. The van der Waals surface area contributed by atoms with Crippen LogP contribution in [0.15, 0.2) is 47.2 Å². The molecule has 2 aliphatic heterocycles. The molecule has 2 aromatic carbocycles. The minimum absolute atomic E-state index is 0.000658. The number of hydrogen-bond acceptors (Lipinski definition) is 24. The molecule has 2 fully saturated rings. The van der Waals surface area contributed by atoms with Crippen molar-refractivity contribution in [2.75, 3.05) is 46.6 Å². The average molecular weight is 1710 g/mol. The fourth-order valence-electron chi connectivity index (χ4n) is 15.7. The van der Waals surface area contributed by atoms with Gasteiger partial charge in [0.25, 0.3) is 11.8 Å². The Hall–Kier alpha value is -9.64. The maximum atomic E-state index is 14.5. The summed E-state index contributed by atoms with van der Waals surface area (Å²) in [6.07, 6.45) is 3.17. The van der Waals surface area contributed by atoms with E-state index in [9.17, 15) is 87.5 Å². The first-order chi connectivity index (χ1) is 56.6. The Balaban J connectivity index is 1.03. The van der Waals surface area contributed by atoms with Gasteiger partial charge >= 0.3 is 23.9 Å². The number of aromatic nitrogens is 2. The first kappa shape index (κ1) is 99.2. The number of carboxylic acid groups (broad SMARTS) is 2. The maximum absolute atomic E-state index is 14.5. The van der Waals surface area contributed by atoms with Crippen LogP contribution >= 0.6 is 22.7 Å². The van der Waals surface area contributed by atoms with Crippen LogP contribution in [0.25, 0.3) is 0 Å². The van der Waals surface area contributed by atoms with Crippen molar-refractivity contribution < 1.29 is 97.0 Å². The summed E-state index contributed by atoms with van der Waals surface area (Å²) < 4.78 is 11.7. The zero-order valence-corrected chi connectivity index (χ0v) is 74.1. The van der Waals surface area contributed by atoms with Gasteiger partial charge < -0.3 is 55.7 Å². The highest BCUT2D eigenvalue weighted by molar-refractivity contribution is 7.10. The number of aromatic hydroxyl groups is 2. The summed E-state index contributed by atoms with van der Waals surface area (Å²) in [5.74, 6) is -7.65. The van der Waals surface area contributed by atoms with E-state index in [1.807, 2.05) is 69.5 Å². The molecule has 0 aliphatic carbocycles. The van der Waals surface area contributed by atoms with Gasteiger partial charge in [-0.3, -0.25) is 76.9 Å². The molecule has 7 N–H and O–H groups in total. The van der Waals surface area contributed by atoms with E-state index in [1.54, 1.807) is 30.0 Å². The number of likely N-dealkylation sites (tertiary alicyclic amines) is 2. The molecular formula is C89H125N9O20S2. The van der Waals surface area contributed by atoms with Gasteiger partial charge in [0.2, 0.25) is 29.3 Å². The van der Waals surface area contributed by atoms with Crippen LogP contribution in [0.1, 0.15) is 259 Å². The van der Waals surface area contributed by atoms with E-state index >= 15 is 0 Å². The number of thiazole rings is 2. The van der Waals surface area contributed by atoms with Gasteiger partial charge in [-0.2, -0.15) is 0 Å². The van der Waals surface area contributed by atoms with Crippen LogP contribution in [0, 0.1) is 59.2 Å². The standard InChI is InChI=1S/C89H125N9O20S2/c1-17-52(7)66(44-77(106)71-23-19-21-35-95(71)13)86(111)97(15)73(50(3)4)46-79(117-56(11)99)84-93-69(48-119-84)82(109)90-61(37-54(9)88(113)114)40-58-25-32-75(104)60(39-58)43-65(103)30-29-63(101)27-28-64(102)31-34-81(108)92-68-42-59(26-33-76(68)105)41-62(38-55(10)89(115)116)91-83(110)70-49-120-85(94-70)80(118-57(12)100)47-74(51(5)6)98(16)87(112)67(53(8)18-2)45-78(107)72-24-20-22-36-96(72)14/h25-26,32-33,39,42,48-55,61-62,66-67,71-74,79-80,104-105H,17-24,29-31,34-38,40-41,43-47H2,1-16H3,(H,90,109)(H,91,110)(H,92,108)(H,113,114)(H,115,116)/t52-,53-,54?,55?,61+,62+,66-,67-,71+,72+,73+,74+,79+,80+/m0/s1. The molecule has 0 saturated carbocycles. The van der Waals surface area contributed by atoms with Crippen molar-refractivity contribution in [3.63, 3.8) is 0 Å². The van der Waals surface area contributed by atoms with Crippen LogP contribution in [0.4, 0.5) is 5.69 Å². The normalized spacial score (nSPS) is 17.4. The number of aliphatic carboxylic acids is 2. The van der Waals surface area contributed by atoms with Crippen molar-refractivity contribution >= 4 is 111 Å². The van der Waals surface area contributed by atoms with E-state index in [4.69, 9.17) is 9.47 Å². The van der Waals surface area contributed by atoms with Crippen LogP contribution < -0.4 is 16.0 Å². The summed E-state index contributed by atoms with van der Waals surface area (Å²) in [5.41, 5.74) is 0.964. The zero-order valence-electron chi connectivity index (χ0n) is 72.4. The summed E-state index contributed by atoms with van der Waals surface area (Å²) in [6.45, 7) is 22.7. The van der Waals surface area contributed by atoms with Gasteiger partial charge in [0.1, 0.15) is 38.7 Å². The van der Waals surface area contributed by atoms with Gasteiger partial charge in [-0.15, -0.1) is 22.7 Å². The fourth-order valence-corrected chi connectivity index (χ4v) is 17.4. The topological polar surface area (TPSA) is 413 Å². The number of ether oxygens (including phenoxy) is 2. The van der Waals surface area contributed by atoms with Gasteiger partial charge in [-0.25, -0.2) is 9.97 Å². The number of carbonyl (C=O) groups excluding carboxylic acids is 12. The number of nitrogens with zero attached hydrogens (tertiary/aromatic N) is 6. The molecule has 658 valence electrons. The first-order valence-corrected chi connectivity index (χ1v) is 43.7. The molecule has 0 spiro atoms. The smallest absolute Gasteiger partial charge is 0.306 e. The minimum atomic E-state index is -1.14. The van der Waals surface area contributed by atoms with E-state index in [-0.39, 0.29) is 167 Å². The number of ketones is 5. The Kier molecular flexibility index (Phi) is 39.3. The Morgan fingerprint density at radius 3 is 1.36 bits per heavy atom. The van der Waals surface area contributed by atoms with Crippen molar-refractivity contribution in [2.24, 2.45) is 47.3 Å². The molecule has 31 heteroatoms. The van der Waals surface area contributed by atoms with Crippen molar-refractivity contribution in [2.45, 2.75) is 266 Å². The first-order valence-electron chi connectivity index (χ1n) is 41.9. The third-order valence-electron chi connectivity index (χ3n) is 23.4. The Bertz CT molecular complexity index is 4070. The van der Waals surface area contributed by atoms with Crippen LogP contribution in [0.3, 0.4) is 0 Å². The Morgan fingerprint density at radius 2 is 0.967 bits per heavy atom. The Morgan fingerprint density at radius 1 is 0.558 bits per heavy atom. The highest BCUT2D eigenvalue weighted by atomic mass is 32.1. The van der Waals surface area contributed by atoms with Gasteiger partial charge in [0.15, 0.2) is 23.8 Å². The minimum Gasteiger partial charge on any atom is -0.508 e. The van der Waals surface area contributed by atoms with E-state index in [1.165, 1.54) is 68.8 Å². The highest BCUT2D eigenvalue weighted by Crippen LogP contribution is 2.37. The third kappa shape index (κ3) is 30.2. The Labute approximate surface area is 713 Å². The number of esters is 2. The van der Waals surface area contributed by atoms with Crippen molar-refractivity contribution in [3.05, 3.63) is 85.3 Å². The number of carboxylic acids is 2. The predicted molar refractivity (Wildman–Crippen MR) is 454 cm³/mol. The molecule has 4 heterocycles. The van der Waals surface area contributed by atoms with Gasteiger partial charge in [0, 0.05) is 138 Å². The monoisotopic (exact) mass is 1700 g/mol. The van der Waals surface area contributed by atoms with Gasteiger partial charge in [0.05, 0.1) is 29.6 Å². The number of carbonyl (C=O) groups is 14. The van der Waals surface area contributed by atoms with Crippen LogP contribution in [0.2, 0.25) is 0 Å². The number of hydrogen-bond donors (Lipinski definition) is 7. The van der Waals surface area contributed by atoms with Crippen LogP contribution in [0.5, 0.6) is 11.5 Å². The largest absolute Gasteiger partial charge is 0.508 e. The summed E-state index contributed by atoms with van der Waals surface area (Å²) in [7, 11) is 7.27. The third-order valence-corrected chi connectivity index (χ3v) is 25.3. The molecule has 2 aromatic heterocycles. The number of amides is 5. The molecule has 5 amide bonds. The number of anilines is 1. The second-order valence-corrected chi connectivity index (χ2v) is 35.3. The SMILES string of the molecule is CC[C@H](C)[C@H](CC(=O)[C@H]1CCCCN1C)C(=O)N(C)[C@H](C[C@@H](OC(C)=O)c1nc(C(=O)N[C@@H](Cc2ccc(O)c(CC(=O)CCC(=O)C#CC(=O)CCC(=O)Nc3cc(C[C@@H](CC(C)C(=O)O)NC(=O)c4csc([C@@H](C[C@H](C(C)C)N(C)C(=O)[C@@H](CC(=O)[C@H]5CCCCN5C)[C@@H](C)CC)OC(C)=O)n4)ccc3O)c2)CC(C)C(=O)O)cs1)C(C)C. The molecule has 0 bridgehead atoms. The number of piperidine rings is 2. The van der Waals surface area contributed by atoms with E-state index in [0.29, 0.717) is 24.0 Å². The molecule has 6 rings (SSSR count). The number of benzene rings is 2. The zero-order chi connectivity index (χ0) is 89.1. The molecule has 4 aromatic rings. The molecule has 2 aliphatic rings. The van der Waals surface area contributed by atoms with Crippen molar-refractivity contribution in [1.29, 1.82) is 0 Å². The van der Waals surface area contributed by atoms with Crippen molar-refractivity contribution in [1.82, 2.24) is 40.2 Å². The number of rotatable bonds is 47. The average Bonchev–Trinajstić information content (AvgIpc) is 1.73. The number of Topliss-reactive ketones (excluding diaryl/α,β-unsaturated/α-hetero) is 5. The molecule has 14 atom stereocenters. The molecule has 2 saturated heterocycles. The summed E-state index contributed by atoms with van der Waals surface area (Å²) >= 11 is 2.13. The summed E-state index contributed by atoms with van der Waals surface area (Å²) in [4.78, 5) is 204. The number of nitrogens with one attached hydrogen (secondary N) is 3.